The maximum atomic E-state index is 13.6. The number of amides is 3. The van der Waals surface area contributed by atoms with Crippen LogP contribution in [0.1, 0.15) is 131 Å². The summed E-state index contributed by atoms with van der Waals surface area (Å²) in [5.41, 5.74) is -2.73. The molecule has 0 aliphatic carbocycles. The fourth-order valence-corrected chi connectivity index (χ4v) is 13.7. The van der Waals surface area contributed by atoms with Crippen molar-refractivity contribution in [3.8, 4) is 11.5 Å². The molecule has 21 nitrogen and oxygen atoms in total. The Morgan fingerprint density at radius 1 is 0.944 bits per heavy atom. The summed E-state index contributed by atoms with van der Waals surface area (Å²) in [5.74, 6) is -7.57. The molecule has 4 N–H and O–H groups in total. The average Bonchev–Trinajstić information content (AvgIpc) is 3.51. The maximum absolute atomic E-state index is 13.6. The Morgan fingerprint density at radius 2 is 1.61 bits per heavy atom. The van der Waals surface area contributed by atoms with Gasteiger partial charge in [0, 0.05) is 69.3 Å². The lowest BCUT2D eigenvalue weighted by molar-refractivity contribution is -0.777. The first-order chi connectivity index (χ1) is 33.5. The predicted molar refractivity (Wildman–Crippen MR) is 254 cm³/mol. The molecule has 72 heavy (non-hydrogen) atoms. The van der Waals surface area contributed by atoms with Crippen molar-refractivity contribution >= 4 is 120 Å². The fourth-order valence-electron chi connectivity index (χ4n) is 9.61. The first-order valence-corrected chi connectivity index (χ1v) is 27.7. The van der Waals surface area contributed by atoms with E-state index >= 15 is 0 Å². The zero-order valence-corrected chi connectivity index (χ0v) is 44.5. The minimum absolute atomic E-state index is 0.106. The quantitative estimate of drug-likeness (QED) is 0.0172. The van der Waals surface area contributed by atoms with E-state index in [2.05, 4.69) is 25.0 Å². The zero-order valence-electron chi connectivity index (χ0n) is 38.9. The lowest BCUT2D eigenvalue weighted by Crippen LogP contribution is -2.91. The van der Waals surface area contributed by atoms with Gasteiger partial charge in [0.05, 0.1) is 38.5 Å². The molecular weight excluding hydrogens is 1090 g/mol. The highest BCUT2D eigenvalue weighted by molar-refractivity contribution is 8.00. The number of imide groups is 1. The molecule has 28 heteroatoms. The Bertz CT molecular complexity index is 3210. The predicted octanol–water partition coefficient (Wildman–Crippen LogP) is 3.42. The van der Waals surface area contributed by atoms with Crippen LogP contribution >= 0.6 is 58.6 Å². The molecule has 0 saturated carbocycles. The topological polar surface area (TPSA) is 321 Å². The van der Waals surface area contributed by atoms with Gasteiger partial charge in [-0.1, -0.05) is 55.1 Å². The van der Waals surface area contributed by atoms with Crippen LogP contribution in [0, 0.1) is 0 Å². The molecule has 7 rings (SSSR count). The molecule has 0 radical (unpaired) electrons. The number of hydroxylamine groups is 2. The van der Waals surface area contributed by atoms with E-state index in [1.54, 1.807) is 41.5 Å². The largest absolute Gasteiger partial charge is 0.744 e. The smallest absolute Gasteiger partial charge is 0.337 e. The van der Waals surface area contributed by atoms with Crippen LogP contribution in [0.15, 0.2) is 26.8 Å². The number of carbonyl (C=O) groups excluding carboxylic acids is 4. The van der Waals surface area contributed by atoms with Crippen molar-refractivity contribution in [2.45, 2.75) is 129 Å². The highest BCUT2D eigenvalue weighted by atomic mass is 35.5. The minimum atomic E-state index is -5.57. The van der Waals surface area contributed by atoms with Gasteiger partial charge in [-0.25, -0.2) is 31.4 Å². The maximum Gasteiger partial charge on any atom is 0.337 e. The number of benzene rings is 3. The van der Waals surface area contributed by atoms with Gasteiger partial charge >= 0.3 is 11.9 Å². The third-order valence-corrected chi connectivity index (χ3v) is 17.4. The fraction of sp³-hybridized carbons (Fsp3) is 0.455. The SMILES string of the molecule is CC1CC(C)(C)Nc2c1cc1c(c2S(=O)(=O)[O-])Oc2c(S(=O)(=O)[O-])c3c(cc2=C1c1c(Cl)c(SCC(=O)NCCCCCC(=O)ON2C(=O)CC(SOO[O-])C2=O)c(Cl)c(Cl)c1C(=O)O)C(C)CC(C)(C)[NH+]=3. The summed E-state index contributed by atoms with van der Waals surface area (Å²) in [5, 5.41) is 27.4. The minimum Gasteiger partial charge on any atom is -0.744 e. The first-order valence-electron chi connectivity index (χ1n) is 22.0. The Balaban J connectivity index is 1.27. The third kappa shape index (κ3) is 11.1. The molecule has 4 heterocycles. The van der Waals surface area contributed by atoms with Crippen LogP contribution in [0.4, 0.5) is 5.69 Å². The number of unbranched alkanes of at least 4 members (excludes halogenated alkanes) is 2. The molecule has 3 unspecified atom stereocenters. The number of carboxylic acid groups (broad SMARTS) is 1. The molecule has 0 bridgehead atoms. The summed E-state index contributed by atoms with van der Waals surface area (Å²) in [4.78, 5) is 69.4. The lowest BCUT2D eigenvalue weighted by atomic mass is 9.79. The number of carboxylic acids is 1. The number of fused-ring (bicyclic) bond motifs is 4. The van der Waals surface area contributed by atoms with E-state index < -0.39 is 131 Å². The second-order valence-electron chi connectivity index (χ2n) is 18.9. The molecule has 390 valence electrons. The number of nitrogens with zero attached hydrogens (tertiary/aromatic N) is 1. The molecule has 3 aromatic carbocycles. The number of carbonyl (C=O) groups is 5. The Kier molecular flexibility index (Phi) is 16.0. The number of nitrogens with one attached hydrogen (secondary N) is 3. The van der Waals surface area contributed by atoms with E-state index in [0.717, 1.165) is 11.8 Å². The van der Waals surface area contributed by atoms with Gasteiger partial charge in [-0.2, -0.15) is 4.33 Å². The molecule has 0 spiro atoms. The van der Waals surface area contributed by atoms with E-state index in [1.165, 1.54) is 12.1 Å². The van der Waals surface area contributed by atoms with Crippen molar-refractivity contribution in [3.05, 3.63) is 65.6 Å². The Labute approximate surface area is 435 Å². The number of rotatable bonds is 17. The van der Waals surface area contributed by atoms with Crippen LogP contribution in [0.3, 0.4) is 0 Å². The second-order valence-corrected chi connectivity index (χ2v) is 24.5. The molecule has 3 atom stereocenters. The van der Waals surface area contributed by atoms with Gasteiger partial charge in [-0.05, 0) is 76.5 Å². The highest BCUT2D eigenvalue weighted by Crippen LogP contribution is 2.54. The van der Waals surface area contributed by atoms with Crippen molar-refractivity contribution in [1.82, 2.24) is 10.4 Å². The lowest BCUT2D eigenvalue weighted by Gasteiger charge is -2.40. The number of hydrogen-bond acceptors (Lipinski definition) is 19. The van der Waals surface area contributed by atoms with E-state index in [9.17, 15) is 60.3 Å². The van der Waals surface area contributed by atoms with E-state index in [4.69, 9.17) is 44.4 Å². The van der Waals surface area contributed by atoms with Crippen molar-refractivity contribution in [2.24, 2.45) is 0 Å². The summed E-state index contributed by atoms with van der Waals surface area (Å²) in [6.45, 7) is 10.8. The van der Waals surface area contributed by atoms with E-state index in [1.807, 2.05) is 0 Å². The van der Waals surface area contributed by atoms with Crippen LogP contribution in [0.25, 0.3) is 5.57 Å². The van der Waals surface area contributed by atoms with Crippen LogP contribution < -0.4 is 36.2 Å². The van der Waals surface area contributed by atoms with Crippen LogP contribution in [0.5, 0.6) is 11.5 Å². The average molecular weight is 1140 g/mol. The second kappa shape index (κ2) is 20.8. The van der Waals surface area contributed by atoms with Crippen molar-refractivity contribution in [2.75, 3.05) is 17.6 Å². The first kappa shape index (κ1) is 55.5. The number of anilines is 1. The zero-order chi connectivity index (χ0) is 53.2. The van der Waals surface area contributed by atoms with Gasteiger partial charge < -0.3 is 39.7 Å². The van der Waals surface area contributed by atoms with Gasteiger partial charge in [0.2, 0.25) is 11.3 Å². The number of ether oxygens (including phenoxy) is 1. The van der Waals surface area contributed by atoms with Gasteiger partial charge in [0.1, 0.15) is 30.4 Å². The number of halogens is 3. The van der Waals surface area contributed by atoms with Gasteiger partial charge in [-0.3, -0.25) is 19.4 Å². The van der Waals surface area contributed by atoms with Crippen molar-refractivity contribution in [3.63, 3.8) is 0 Å². The highest BCUT2D eigenvalue weighted by Gasteiger charge is 2.44. The molecular formula is C44H45Cl3N4O17S4-2. The summed E-state index contributed by atoms with van der Waals surface area (Å²) < 4.78 is 91.8. The van der Waals surface area contributed by atoms with Crippen LogP contribution in [0.2, 0.25) is 15.1 Å². The van der Waals surface area contributed by atoms with Crippen LogP contribution in [-0.2, 0) is 53.6 Å². The van der Waals surface area contributed by atoms with E-state index in [0.29, 0.717) is 53.9 Å². The summed E-state index contributed by atoms with van der Waals surface area (Å²) >= 11 is 21.9. The Morgan fingerprint density at radius 3 is 2.25 bits per heavy atom. The summed E-state index contributed by atoms with van der Waals surface area (Å²) in [7, 11) is -11.1. The van der Waals surface area contributed by atoms with Crippen LogP contribution in [-0.4, -0.2) is 94.4 Å². The number of aromatic carboxylic acids is 1. The number of thioether (sulfide) groups is 1. The molecule has 3 amide bonds. The molecule has 3 aromatic rings. The third-order valence-electron chi connectivity index (χ3n) is 12.3. The van der Waals surface area contributed by atoms with Crippen molar-refractivity contribution in [1.29, 1.82) is 0 Å². The molecule has 4 aliphatic heterocycles. The van der Waals surface area contributed by atoms with Gasteiger partial charge in [-0.15, -0.1) is 16.8 Å². The normalized spacial score (nSPS) is 19.8. The molecule has 0 aromatic heterocycles. The number of hydrogen-bond donors (Lipinski definition) is 4. The van der Waals surface area contributed by atoms with Gasteiger partial charge in [0.15, 0.2) is 21.9 Å². The molecule has 1 saturated heterocycles. The molecule has 1 fully saturated rings. The standard InChI is InChI=1S/C44H47Cl3N4O17S4/c1-18-15-43(3,4)49-34-20(18)12-22-28(23-13-21-19(2)16-44(5,6)50-35(21)40(72(62,63)64)37(23)65-36(22)39(34)71(59,60)61)29-30(42(56)57)31(45)33(47)38(32(29)46)69-17-25(52)48-11-9-7-8-10-27(54)66-51-26(53)14-24(41(51)55)70-68-67-58/h12-13,18-19,24,49,58H,7-11,14-17H2,1-6H3,(H,48,52)(H,56,57)(H,59,60,61)(H,62,63,64)/p-2. The summed E-state index contributed by atoms with van der Waals surface area (Å²) in [6.07, 6.45) is 1.24. The monoisotopic (exact) mass is 1130 g/mol. The molecule has 4 aliphatic rings. The van der Waals surface area contributed by atoms with Gasteiger partial charge in [0.25, 0.3) is 11.8 Å². The van der Waals surface area contributed by atoms with E-state index in [-0.39, 0.29) is 58.1 Å². The Hall–Kier alpha value is -4.25. The van der Waals surface area contributed by atoms with Crippen molar-refractivity contribution < 1.29 is 84.2 Å². The summed E-state index contributed by atoms with van der Waals surface area (Å²) in [6, 6.07) is 2.98.